The number of hydrogen-bond donors (Lipinski definition) is 0. The fourth-order valence-electron chi connectivity index (χ4n) is 0.818. The maximum absolute atomic E-state index is 9.87. The zero-order valence-corrected chi connectivity index (χ0v) is 9.20. The second kappa shape index (κ2) is 7.57. The summed E-state index contributed by atoms with van der Waals surface area (Å²) in [7, 11) is 0. The van der Waals surface area contributed by atoms with Crippen LogP contribution in [0.4, 0.5) is 0 Å². The molecule has 0 N–H and O–H groups in total. The summed E-state index contributed by atoms with van der Waals surface area (Å²) in [4.78, 5) is 0. The third kappa shape index (κ3) is 5.03. The summed E-state index contributed by atoms with van der Waals surface area (Å²) in [5, 5.41) is 10.7. The molecule has 0 heterocycles. The molecule has 1 aliphatic rings. The zero-order chi connectivity index (χ0) is 9.52. The van der Waals surface area contributed by atoms with Crippen molar-refractivity contribution in [1.82, 2.24) is 0 Å². The van der Waals surface area contributed by atoms with Gasteiger partial charge in [-0.1, -0.05) is 24.3 Å². The normalized spacial score (nSPS) is 11.6. The summed E-state index contributed by atoms with van der Waals surface area (Å²) < 4.78 is 0. The molecule has 0 bridgehead atoms. The van der Waals surface area contributed by atoms with E-state index in [4.69, 9.17) is 11.6 Å². The van der Waals surface area contributed by atoms with Crippen molar-refractivity contribution in [2.24, 2.45) is 0 Å². The Kier molecular flexibility index (Phi) is 7.13. The van der Waals surface area contributed by atoms with Crippen molar-refractivity contribution in [3.63, 3.8) is 0 Å². The minimum Gasteiger partial charge on any atom is -0.877 e. The maximum atomic E-state index is 9.87. The first-order valence-corrected chi connectivity index (χ1v) is 4.25. The van der Waals surface area contributed by atoms with E-state index in [9.17, 15) is 5.11 Å². The van der Waals surface area contributed by atoms with Crippen molar-refractivity contribution in [1.29, 1.82) is 0 Å². The maximum Gasteiger partial charge on any atom is 2.00 e. The number of halogens is 1. The molecule has 0 saturated carbocycles. The van der Waals surface area contributed by atoms with Gasteiger partial charge in [0.2, 0.25) is 0 Å². The van der Waals surface area contributed by atoms with Crippen LogP contribution in [0.1, 0.15) is 0 Å². The van der Waals surface area contributed by atoms with Crippen LogP contribution >= 0.6 is 11.6 Å². The molecule has 0 atom stereocenters. The van der Waals surface area contributed by atoms with Crippen molar-refractivity contribution in [3.05, 3.63) is 65.4 Å². The summed E-state index contributed by atoms with van der Waals surface area (Å²) in [6.45, 7) is 0. The van der Waals surface area contributed by atoms with Crippen molar-refractivity contribution in [2.75, 3.05) is 0 Å². The van der Waals surface area contributed by atoms with Crippen molar-refractivity contribution >= 4 is 11.6 Å². The van der Waals surface area contributed by atoms with E-state index in [0.717, 1.165) is 16.9 Å². The Hall–Kier alpha value is -0.821. The largest absolute Gasteiger partial charge is 2.00 e. The van der Waals surface area contributed by atoms with Crippen molar-refractivity contribution < 1.29 is 22.2 Å². The topological polar surface area (TPSA) is 23.1 Å². The smallest absolute Gasteiger partial charge is 0.877 e. The minimum absolute atomic E-state index is 0. The van der Waals surface area contributed by atoms with Crippen LogP contribution in [0, 0.1) is 0 Å². The van der Waals surface area contributed by atoms with Crippen LogP contribution < -0.4 is 5.11 Å². The van der Waals surface area contributed by atoms with Gasteiger partial charge in [-0.2, -0.15) is 35.9 Å². The van der Waals surface area contributed by atoms with Crippen molar-refractivity contribution in [3.8, 4) is 0 Å². The Morgan fingerprint density at radius 2 is 1.93 bits per heavy atom. The van der Waals surface area contributed by atoms with Gasteiger partial charge in [0, 0.05) is 0 Å². The van der Waals surface area contributed by atoms with E-state index < -0.39 is 0 Å². The molecule has 14 heavy (non-hydrogen) atoms. The SMILES string of the molecule is Clc1cc[cH-]c1.[Fe+2].[O-]C=C1C=CC=C1. The van der Waals surface area contributed by atoms with Gasteiger partial charge in [0.1, 0.15) is 0 Å². The molecule has 0 aromatic heterocycles. The third-order valence-electron chi connectivity index (χ3n) is 1.45. The molecule has 1 aromatic carbocycles. The Morgan fingerprint density at radius 1 is 1.29 bits per heavy atom. The molecule has 0 spiro atoms. The zero-order valence-electron chi connectivity index (χ0n) is 7.34. The molecule has 0 amide bonds. The van der Waals surface area contributed by atoms with Gasteiger partial charge in [-0.3, -0.25) is 0 Å². The number of allylic oxidation sites excluding steroid dienone is 5. The average Bonchev–Trinajstić information content (AvgIpc) is 2.76. The van der Waals surface area contributed by atoms with E-state index in [1.165, 1.54) is 0 Å². The molecular weight excluding hydrogens is 239 g/mol. The fourth-order valence-corrected chi connectivity index (χ4v) is 0.963. The van der Waals surface area contributed by atoms with Gasteiger partial charge < -0.3 is 5.11 Å². The second-order valence-electron chi connectivity index (χ2n) is 2.44. The molecule has 2 rings (SSSR count). The predicted molar refractivity (Wildman–Crippen MR) is 53.4 cm³/mol. The van der Waals surface area contributed by atoms with Crippen LogP contribution in [-0.4, -0.2) is 0 Å². The van der Waals surface area contributed by atoms with E-state index in [1.54, 1.807) is 12.2 Å². The van der Waals surface area contributed by atoms with Gasteiger partial charge in [-0.15, -0.1) is 11.3 Å². The average molecular weight is 248 g/mol. The van der Waals surface area contributed by atoms with Crippen molar-refractivity contribution in [2.45, 2.75) is 0 Å². The Balaban J connectivity index is 0.000000227. The minimum atomic E-state index is 0. The van der Waals surface area contributed by atoms with E-state index in [0.29, 0.717) is 0 Å². The second-order valence-corrected chi connectivity index (χ2v) is 2.88. The Bertz CT molecular complexity index is 309. The number of rotatable bonds is 0. The Labute approximate surface area is 99.2 Å². The quantitative estimate of drug-likeness (QED) is 0.393. The molecule has 74 valence electrons. The van der Waals surface area contributed by atoms with Gasteiger partial charge in [0.05, 0.1) is 0 Å². The molecular formula is C11H9ClFeO. The molecule has 0 saturated heterocycles. The first-order valence-electron chi connectivity index (χ1n) is 3.87. The van der Waals surface area contributed by atoms with E-state index in [1.807, 2.05) is 36.4 Å². The first-order chi connectivity index (χ1) is 6.33. The summed E-state index contributed by atoms with van der Waals surface area (Å²) in [5.74, 6) is 0. The molecule has 0 fully saturated rings. The van der Waals surface area contributed by atoms with Gasteiger partial charge >= 0.3 is 17.1 Å². The van der Waals surface area contributed by atoms with E-state index >= 15 is 0 Å². The molecule has 0 radical (unpaired) electrons. The van der Waals surface area contributed by atoms with Crippen LogP contribution in [0.3, 0.4) is 0 Å². The fraction of sp³-hybridized carbons (Fsp3) is 0. The Morgan fingerprint density at radius 3 is 2.14 bits per heavy atom. The number of hydrogen-bond acceptors (Lipinski definition) is 1. The predicted octanol–water partition coefficient (Wildman–Crippen LogP) is 2.41. The molecule has 1 aromatic rings. The molecule has 3 heteroatoms. The first kappa shape index (κ1) is 13.2. The summed E-state index contributed by atoms with van der Waals surface area (Å²) in [6.07, 6.45) is 8.05. The standard InChI is InChI=1S/C6H6O.C5H4Cl.Fe/c7-5-6-3-1-2-4-6;6-5-3-1-2-4-5;/h1-5,7H;1-4H;/q;-1;+2/p-1. The van der Waals surface area contributed by atoms with Gasteiger partial charge in [-0.25, -0.2) is 0 Å². The summed E-state index contributed by atoms with van der Waals surface area (Å²) >= 11 is 5.46. The molecule has 1 nitrogen and oxygen atoms in total. The molecule has 1 aliphatic carbocycles. The molecule has 0 aliphatic heterocycles. The van der Waals surface area contributed by atoms with Crippen LogP contribution in [0.25, 0.3) is 0 Å². The van der Waals surface area contributed by atoms with Gasteiger partial charge in [0.25, 0.3) is 0 Å². The van der Waals surface area contributed by atoms with Crippen LogP contribution in [0.15, 0.2) is 60.4 Å². The van der Waals surface area contributed by atoms with Gasteiger partial charge in [0.15, 0.2) is 0 Å². The van der Waals surface area contributed by atoms with E-state index in [-0.39, 0.29) is 17.1 Å². The van der Waals surface area contributed by atoms with Gasteiger partial charge in [-0.05, 0) is 5.57 Å². The summed E-state index contributed by atoms with van der Waals surface area (Å²) in [5.41, 5.74) is 0.750. The third-order valence-corrected chi connectivity index (χ3v) is 1.70. The molecule has 0 unspecified atom stereocenters. The summed E-state index contributed by atoms with van der Waals surface area (Å²) in [6, 6.07) is 7.51. The monoisotopic (exact) mass is 248 g/mol. The van der Waals surface area contributed by atoms with Crippen LogP contribution in [0.5, 0.6) is 0 Å². The van der Waals surface area contributed by atoms with E-state index in [2.05, 4.69) is 0 Å². The van der Waals surface area contributed by atoms with Crippen LogP contribution in [0.2, 0.25) is 5.02 Å². The van der Waals surface area contributed by atoms with Crippen LogP contribution in [-0.2, 0) is 17.1 Å².